The molecular weight excluding hydrogens is 344 g/mol. The van der Waals surface area contributed by atoms with Crippen LogP contribution < -0.4 is 5.32 Å². The number of nitrogens with one attached hydrogen (secondary N) is 1. The van der Waals surface area contributed by atoms with E-state index in [4.69, 9.17) is 9.47 Å². The van der Waals surface area contributed by atoms with Gasteiger partial charge in [-0.25, -0.2) is 9.59 Å². The summed E-state index contributed by atoms with van der Waals surface area (Å²) in [4.78, 5) is 27.6. The Labute approximate surface area is 161 Å². The van der Waals surface area contributed by atoms with Crippen LogP contribution in [-0.2, 0) is 14.3 Å². The van der Waals surface area contributed by atoms with E-state index in [-0.39, 0.29) is 6.10 Å². The number of carbonyl (C=O) groups is 2. The lowest BCUT2D eigenvalue weighted by molar-refractivity contribution is -0.155. The molecule has 3 rings (SSSR count). The lowest BCUT2D eigenvalue weighted by Gasteiger charge is -2.36. The van der Waals surface area contributed by atoms with Crippen LogP contribution in [0, 0.1) is 0 Å². The molecule has 0 aromatic heterocycles. The van der Waals surface area contributed by atoms with Crippen molar-refractivity contribution in [2.75, 3.05) is 7.05 Å². The molecule has 2 saturated heterocycles. The Morgan fingerprint density at radius 1 is 1.11 bits per heavy atom. The number of fused-ring (bicyclic) bond motifs is 2. The predicted molar refractivity (Wildman–Crippen MR) is 102 cm³/mol. The van der Waals surface area contributed by atoms with Crippen LogP contribution in [0.1, 0.15) is 58.1 Å². The summed E-state index contributed by atoms with van der Waals surface area (Å²) in [5.74, 6) is -0.430. The number of piperidine rings is 1. The lowest BCUT2D eigenvalue weighted by Crippen LogP contribution is -2.45. The van der Waals surface area contributed by atoms with E-state index in [1.165, 1.54) is 0 Å². The number of hydrogen-bond acceptors (Lipinski definition) is 5. The third-order valence-electron chi connectivity index (χ3n) is 5.37. The topological polar surface area (TPSA) is 67.9 Å². The second-order valence-corrected chi connectivity index (χ2v) is 8.57. The maximum absolute atomic E-state index is 12.9. The molecule has 2 heterocycles. The number of carbonyl (C=O) groups excluding carboxylic acids is 2. The maximum Gasteiger partial charge on any atom is 0.408 e. The van der Waals surface area contributed by atoms with E-state index in [1.807, 2.05) is 30.3 Å². The minimum absolute atomic E-state index is 0.0992. The first kappa shape index (κ1) is 19.7. The zero-order valence-corrected chi connectivity index (χ0v) is 16.6. The third-order valence-corrected chi connectivity index (χ3v) is 5.37. The minimum Gasteiger partial charge on any atom is -0.460 e. The van der Waals surface area contributed by atoms with Gasteiger partial charge in [-0.1, -0.05) is 30.3 Å². The molecule has 0 radical (unpaired) electrons. The molecule has 6 heteroatoms. The molecule has 3 unspecified atom stereocenters. The molecule has 1 aromatic rings. The average molecular weight is 374 g/mol. The number of esters is 1. The SMILES string of the molecule is CN1C2CCC1CC(OC(=O)C(NC(=O)OC(C)(C)C)c1ccccc1)C2. The van der Waals surface area contributed by atoms with E-state index in [0.29, 0.717) is 17.6 Å². The first-order valence-corrected chi connectivity index (χ1v) is 9.70. The Hall–Kier alpha value is -2.08. The molecule has 0 spiro atoms. The zero-order chi connectivity index (χ0) is 19.6. The highest BCUT2D eigenvalue weighted by molar-refractivity contribution is 5.83. The number of ether oxygens (including phenoxy) is 2. The van der Waals surface area contributed by atoms with E-state index in [0.717, 1.165) is 25.7 Å². The average Bonchev–Trinajstić information content (AvgIpc) is 2.80. The molecule has 27 heavy (non-hydrogen) atoms. The number of hydrogen-bond donors (Lipinski definition) is 1. The maximum atomic E-state index is 12.9. The van der Waals surface area contributed by atoms with Gasteiger partial charge in [0.25, 0.3) is 0 Å². The lowest BCUT2D eigenvalue weighted by atomic mass is 10.00. The minimum atomic E-state index is -0.877. The molecule has 1 aromatic carbocycles. The highest BCUT2D eigenvalue weighted by atomic mass is 16.6. The Kier molecular flexibility index (Phi) is 5.75. The summed E-state index contributed by atoms with van der Waals surface area (Å²) in [6.45, 7) is 5.37. The molecule has 2 aliphatic rings. The van der Waals surface area contributed by atoms with Crippen LogP contribution in [0.15, 0.2) is 30.3 Å². The first-order valence-electron chi connectivity index (χ1n) is 9.70. The van der Waals surface area contributed by atoms with Crippen molar-refractivity contribution >= 4 is 12.1 Å². The van der Waals surface area contributed by atoms with Gasteiger partial charge >= 0.3 is 12.1 Å². The van der Waals surface area contributed by atoms with Gasteiger partial charge in [0.05, 0.1) is 0 Å². The summed E-state index contributed by atoms with van der Waals surface area (Å²) in [5.41, 5.74) is 0.0480. The number of alkyl carbamates (subject to hydrolysis) is 1. The molecule has 6 nitrogen and oxygen atoms in total. The van der Waals surface area contributed by atoms with Crippen LogP contribution in [0.5, 0.6) is 0 Å². The van der Waals surface area contributed by atoms with Crippen molar-refractivity contribution in [3.8, 4) is 0 Å². The van der Waals surface area contributed by atoms with Gasteiger partial charge in [0, 0.05) is 12.1 Å². The van der Waals surface area contributed by atoms with Crippen LogP contribution in [-0.4, -0.2) is 47.8 Å². The zero-order valence-electron chi connectivity index (χ0n) is 16.6. The van der Waals surface area contributed by atoms with Gasteiger partial charge in [0.15, 0.2) is 6.04 Å². The number of rotatable bonds is 4. The highest BCUT2D eigenvalue weighted by Crippen LogP contribution is 2.36. The van der Waals surface area contributed by atoms with E-state index in [1.54, 1.807) is 20.8 Å². The molecule has 0 saturated carbocycles. The van der Waals surface area contributed by atoms with E-state index >= 15 is 0 Å². The summed E-state index contributed by atoms with van der Waals surface area (Å²) in [5, 5.41) is 2.68. The molecule has 148 valence electrons. The normalized spacial score (nSPS) is 26.3. The van der Waals surface area contributed by atoms with Crippen LogP contribution in [0.2, 0.25) is 0 Å². The monoisotopic (exact) mass is 374 g/mol. The Bertz CT molecular complexity index is 657. The van der Waals surface area contributed by atoms with Crippen molar-refractivity contribution in [2.24, 2.45) is 0 Å². The van der Waals surface area contributed by atoms with Gasteiger partial charge in [-0.15, -0.1) is 0 Å². The fourth-order valence-electron chi connectivity index (χ4n) is 4.04. The summed E-state index contributed by atoms with van der Waals surface area (Å²) in [7, 11) is 2.15. The van der Waals surface area contributed by atoms with Gasteiger partial charge < -0.3 is 19.7 Å². The quantitative estimate of drug-likeness (QED) is 0.818. The smallest absolute Gasteiger partial charge is 0.408 e. The van der Waals surface area contributed by atoms with Crippen LogP contribution >= 0.6 is 0 Å². The van der Waals surface area contributed by atoms with Crippen LogP contribution in [0.4, 0.5) is 4.79 Å². The summed E-state index contributed by atoms with van der Waals surface area (Å²) in [6, 6.07) is 9.24. The molecule has 3 atom stereocenters. The molecule has 1 N–H and O–H groups in total. The van der Waals surface area contributed by atoms with Crippen LogP contribution in [0.3, 0.4) is 0 Å². The standard InChI is InChI=1S/C21H30N2O4/c1-21(2,3)27-20(25)22-18(14-8-6-5-7-9-14)19(24)26-17-12-15-10-11-16(13-17)23(15)4/h5-9,15-18H,10-13H2,1-4H3,(H,22,25). The summed E-state index contributed by atoms with van der Waals surface area (Å²) >= 11 is 0. The van der Waals surface area contributed by atoms with Crippen molar-refractivity contribution < 1.29 is 19.1 Å². The summed E-state index contributed by atoms with van der Waals surface area (Å²) in [6.07, 6.45) is 3.30. The predicted octanol–water partition coefficient (Wildman–Crippen LogP) is 3.42. The molecule has 2 aliphatic heterocycles. The Morgan fingerprint density at radius 3 is 2.26 bits per heavy atom. The second kappa shape index (κ2) is 7.89. The van der Waals surface area contributed by atoms with Crippen LogP contribution in [0.25, 0.3) is 0 Å². The second-order valence-electron chi connectivity index (χ2n) is 8.57. The Balaban J connectivity index is 1.69. The molecule has 2 bridgehead atoms. The first-order chi connectivity index (χ1) is 12.7. The number of nitrogens with zero attached hydrogens (tertiary/aromatic N) is 1. The van der Waals surface area contributed by atoms with Gasteiger partial charge in [0.2, 0.25) is 0 Å². The van der Waals surface area contributed by atoms with Gasteiger partial charge in [0.1, 0.15) is 11.7 Å². The fourth-order valence-corrected chi connectivity index (χ4v) is 4.04. The fraction of sp³-hybridized carbons (Fsp3) is 0.619. The van der Waals surface area contributed by atoms with Crippen molar-refractivity contribution in [1.82, 2.24) is 10.2 Å². The highest BCUT2D eigenvalue weighted by Gasteiger charge is 2.40. The molecule has 0 aliphatic carbocycles. The Morgan fingerprint density at radius 2 is 1.70 bits per heavy atom. The van der Waals surface area contributed by atoms with E-state index < -0.39 is 23.7 Å². The van der Waals surface area contributed by atoms with E-state index in [2.05, 4.69) is 17.3 Å². The number of amides is 1. The van der Waals surface area contributed by atoms with Crippen molar-refractivity contribution in [1.29, 1.82) is 0 Å². The van der Waals surface area contributed by atoms with Gasteiger partial charge in [-0.05, 0) is 59.1 Å². The van der Waals surface area contributed by atoms with Gasteiger partial charge in [-0.2, -0.15) is 0 Å². The molecular formula is C21H30N2O4. The third kappa shape index (κ3) is 5.01. The molecule has 1 amide bonds. The van der Waals surface area contributed by atoms with Crippen molar-refractivity contribution in [2.45, 2.75) is 76.3 Å². The number of benzene rings is 1. The van der Waals surface area contributed by atoms with Crippen molar-refractivity contribution in [3.05, 3.63) is 35.9 Å². The molecule has 2 fully saturated rings. The summed E-state index contributed by atoms with van der Waals surface area (Å²) < 4.78 is 11.2. The van der Waals surface area contributed by atoms with E-state index in [9.17, 15) is 9.59 Å². The van der Waals surface area contributed by atoms with Gasteiger partial charge in [-0.3, -0.25) is 0 Å². The van der Waals surface area contributed by atoms with Crippen molar-refractivity contribution in [3.63, 3.8) is 0 Å². The largest absolute Gasteiger partial charge is 0.460 e.